The number of likely N-dealkylation sites (N-methyl/N-ethyl adjacent to an activating group) is 1. The first-order valence-electron chi connectivity index (χ1n) is 8.98. The van der Waals surface area contributed by atoms with E-state index >= 15 is 0 Å². The molecule has 0 radical (unpaired) electrons. The zero-order chi connectivity index (χ0) is 19.6. The predicted molar refractivity (Wildman–Crippen MR) is 107 cm³/mol. The number of hydrogen-bond donors (Lipinski definition) is 1. The Morgan fingerprint density at radius 3 is 2.37 bits per heavy atom. The molecule has 144 valence electrons. The monoisotopic (exact) mass is 388 g/mol. The van der Waals surface area contributed by atoms with Crippen molar-refractivity contribution in [2.45, 2.75) is 25.8 Å². The molecule has 1 N–H and O–H groups in total. The predicted octanol–water partition coefficient (Wildman–Crippen LogP) is 3.31. The quantitative estimate of drug-likeness (QED) is 0.716. The van der Waals surface area contributed by atoms with Crippen molar-refractivity contribution in [2.75, 3.05) is 20.2 Å². The summed E-state index contributed by atoms with van der Waals surface area (Å²) >= 11 is 5.86. The topological polar surface area (TPSA) is 58.6 Å². The van der Waals surface area contributed by atoms with E-state index in [9.17, 15) is 9.59 Å². The maximum absolute atomic E-state index is 12.8. The Bertz CT molecular complexity index is 735. The lowest BCUT2D eigenvalue weighted by Crippen LogP contribution is -2.50. The first kappa shape index (κ1) is 20.8. The van der Waals surface area contributed by atoms with Crippen LogP contribution in [-0.4, -0.2) is 43.0 Å². The van der Waals surface area contributed by atoms with Gasteiger partial charge in [-0.25, -0.2) is 0 Å². The van der Waals surface area contributed by atoms with Gasteiger partial charge in [0.25, 0.3) is 5.91 Å². The van der Waals surface area contributed by atoms with Crippen molar-refractivity contribution in [1.29, 1.82) is 0 Å². The van der Waals surface area contributed by atoms with Gasteiger partial charge in [-0.15, -0.1) is 0 Å². The zero-order valence-electron chi connectivity index (χ0n) is 15.7. The second-order valence-corrected chi connectivity index (χ2v) is 6.54. The van der Waals surface area contributed by atoms with Gasteiger partial charge in [-0.2, -0.15) is 0 Å². The van der Waals surface area contributed by atoms with Crippen LogP contribution in [0.25, 0.3) is 0 Å². The highest BCUT2D eigenvalue weighted by molar-refractivity contribution is 6.30. The summed E-state index contributed by atoms with van der Waals surface area (Å²) in [4.78, 5) is 26.7. The number of rotatable bonds is 9. The summed E-state index contributed by atoms with van der Waals surface area (Å²) in [6.45, 7) is 2.20. The largest absolute Gasteiger partial charge is 0.484 e. The highest BCUT2D eigenvalue weighted by Gasteiger charge is 2.27. The van der Waals surface area contributed by atoms with Crippen LogP contribution in [0.5, 0.6) is 5.75 Å². The van der Waals surface area contributed by atoms with E-state index in [0.717, 1.165) is 5.56 Å². The van der Waals surface area contributed by atoms with E-state index in [2.05, 4.69) is 5.32 Å². The Morgan fingerprint density at radius 2 is 1.78 bits per heavy atom. The van der Waals surface area contributed by atoms with Gasteiger partial charge in [-0.3, -0.25) is 9.59 Å². The Morgan fingerprint density at radius 1 is 1.11 bits per heavy atom. The molecule has 0 aliphatic rings. The Labute approximate surface area is 165 Å². The lowest BCUT2D eigenvalue weighted by molar-refractivity contribution is -0.142. The van der Waals surface area contributed by atoms with Gasteiger partial charge in [0.1, 0.15) is 11.8 Å². The molecule has 0 saturated heterocycles. The van der Waals surface area contributed by atoms with Gasteiger partial charge >= 0.3 is 0 Å². The summed E-state index contributed by atoms with van der Waals surface area (Å²) in [7, 11) is 1.58. The van der Waals surface area contributed by atoms with E-state index in [-0.39, 0.29) is 18.4 Å². The average molecular weight is 389 g/mol. The van der Waals surface area contributed by atoms with E-state index in [0.29, 0.717) is 30.2 Å². The summed E-state index contributed by atoms with van der Waals surface area (Å²) < 4.78 is 5.58. The van der Waals surface area contributed by atoms with Gasteiger partial charge in [-0.05, 0) is 42.7 Å². The number of carbonyl (C=O) groups is 2. The molecule has 0 saturated carbocycles. The Kier molecular flexibility index (Phi) is 8.14. The SMILES string of the molecule is CC[C@@H](C(=O)NC)N(CCc1ccccc1)C(=O)COc1ccc(Cl)cc1. The van der Waals surface area contributed by atoms with Crippen molar-refractivity contribution in [3.8, 4) is 5.75 Å². The molecule has 2 aromatic rings. The Balaban J connectivity index is 2.07. The molecule has 5 nitrogen and oxygen atoms in total. The van der Waals surface area contributed by atoms with Crippen molar-refractivity contribution in [1.82, 2.24) is 10.2 Å². The van der Waals surface area contributed by atoms with Crippen LogP contribution in [0.15, 0.2) is 54.6 Å². The minimum Gasteiger partial charge on any atom is -0.484 e. The highest BCUT2D eigenvalue weighted by atomic mass is 35.5. The fraction of sp³-hybridized carbons (Fsp3) is 0.333. The molecule has 0 aliphatic carbocycles. The lowest BCUT2D eigenvalue weighted by Gasteiger charge is -2.30. The van der Waals surface area contributed by atoms with Gasteiger partial charge in [0.2, 0.25) is 5.91 Å². The van der Waals surface area contributed by atoms with Crippen molar-refractivity contribution >= 4 is 23.4 Å². The second-order valence-electron chi connectivity index (χ2n) is 6.10. The van der Waals surface area contributed by atoms with Crippen LogP contribution in [-0.2, 0) is 16.0 Å². The number of amides is 2. The van der Waals surface area contributed by atoms with Gasteiger partial charge in [0.05, 0.1) is 0 Å². The van der Waals surface area contributed by atoms with Crippen LogP contribution in [0.1, 0.15) is 18.9 Å². The number of hydrogen-bond acceptors (Lipinski definition) is 3. The molecular formula is C21H25ClN2O3. The third-order valence-corrected chi connectivity index (χ3v) is 4.54. The van der Waals surface area contributed by atoms with Crippen molar-refractivity contribution < 1.29 is 14.3 Å². The molecule has 0 aliphatic heterocycles. The molecule has 1 atom stereocenters. The fourth-order valence-electron chi connectivity index (χ4n) is 2.82. The molecule has 2 aromatic carbocycles. The van der Waals surface area contributed by atoms with Crippen molar-refractivity contribution in [3.05, 3.63) is 65.2 Å². The number of nitrogens with one attached hydrogen (secondary N) is 1. The van der Waals surface area contributed by atoms with Gasteiger partial charge in [-0.1, -0.05) is 48.9 Å². The van der Waals surface area contributed by atoms with E-state index in [1.807, 2.05) is 37.3 Å². The standard InChI is InChI=1S/C21H25ClN2O3/c1-3-19(21(26)23-2)24(14-13-16-7-5-4-6-8-16)20(25)15-27-18-11-9-17(22)10-12-18/h4-12,19H,3,13-15H2,1-2H3,(H,23,26)/t19-/m0/s1. The normalized spacial score (nSPS) is 11.5. The maximum atomic E-state index is 12.8. The molecule has 0 fully saturated rings. The highest BCUT2D eigenvalue weighted by Crippen LogP contribution is 2.16. The van der Waals surface area contributed by atoms with Crippen LogP contribution in [0.2, 0.25) is 5.02 Å². The molecule has 2 amide bonds. The molecular weight excluding hydrogens is 364 g/mol. The lowest BCUT2D eigenvalue weighted by atomic mass is 10.1. The zero-order valence-corrected chi connectivity index (χ0v) is 16.4. The van der Waals surface area contributed by atoms with Crippen LogP contribution in [0, 0.1) is 0 Å². The summed E-state index contributed by atoms with van der Waals surface area (Å²) in [5, 5.41) is 3.24. The van der Waals surface area contributed by atoms with Crippen molar-refractivity contribution in [2.24, 2.45) is 0 Å². The number of nitrogens with zero attached hydrogens (tertiary/aromatic N) is 1. The van der Waals surface area contributed by atoms with E-state index < -0.39 is 6.04 Å². The molecule has 0 heterocycles. The fourth-order valence-corrected chi connectivity index (χ4v) is 2.95. The molecule has 0 aromatic heterocycles. The number of carbonyl (C=O) groups excluding carboxylic acids is 2. The number of ether oxygens (including phenoxy) is 1. The summed E-state index contributed by atoms with van der Waals surface area (Å²) in [5.41, 5.74) is 1.11. The minimum atomic E-state index is -0.528. The summed E-state index contributed by atoms with van der Waals surface area (Å²) in [6, 6.07) is 16.2. The molecule has 0 bridgehead atoms. The van der Waals surface area contributed by atoms with E-state index in [1.165, 1.54) is 0 Å². The molecule has 0 spiro atoms. The average Bonchev–Trinajstić information content (AvgIpc) is 2.70. The number of benzene rings is 2. The van der Waals surface area contributed by atoms with Crippen LogP contribution < -0.4 is 10.1 Å². The molecule has 2 rings (SSSR count). The minimum absolute atomic E-state index is 0.135. The summed E-state index contributed by atoms with van der Waals surface area (Å²) in [6.07, 6.45) is 1.20. The van der Waals surface area contributed by atoms with Gasteiger partial charge in [0, 0.05) is 18.6 Å². The first-order valence-corrected chi connectivity index (χ1v) is 9.36. The van der Waals surface area contributed by atoms with E-state index in [1.54, 1.807) is 36.2 Å². The first-order chi connectivity index (χ1) is 13.0. The maximum Gasteiger partial charge on any atom is 0.261 e. The van der Waals surface area contributed by atoms with Gasteiger partial charge < -0.3 is 15.0 Å². The molecule has 27 heavy (non-hydrogen) atoms. The third-order valence-electron chi connectivity index (χ3n) is 4.29. The van der Waals surface area contributed by atoms with Crippen LogP contribution in [0.4, 0.5) is 0 Å². The third kappa shape index (κ3) is 6.29. The second kappa shape index (κ2) is 10.6. The molecule has 6 heteroatoms. The molecule has 0 unspecified atom stereocenters. The Hall–Kier alpha value is -2.53. The van der Waals surface area contributed by atoms with E-state index in [4.69, 9.17) is 16.3 Å². The van der Waals surface area contributed by atoms with Gasteiger partial charge in [0.15, 0.2) is 6.61 Å². The van der Waals surface area contributed by atoms with Crippen molar-refractivity contribution in [3.63, 3.8) is 0 Å². The van der Waals surface area contributed by atoms with Crippen LogP contribution >= 0.6 is 11.6 Å². The van der Waals surface area contributed by atoms with Crippen LogP contribution in [0.3, 0.4) is 0 Å². The number of halogens is 1. The summed E-state index contributed by atoms with van der Waals surface area (Å²) in [5.74, 6) is 0.158. The smallest absolute Gasteiger partial charge is 0.261 e.